The molecule has 4 heterocycles. The Balaban J connectivity index is 1.23. The first-order chi connectivity index (χ1) is 14.3. The lowest BCUT2D eigenvalue weighted by atomic mass is 10.1. The maximum Gasteiger partial charge on any atom is 0.231 e. The third-order valence-electron chi connectivity index (χ3n) is 4.90. The molecule has 0 saturated heterocycles. The maximum atomic E-state index is 5.46. The van der Waals surface area contributed by atoms with E-state index in [9.17, 15) is 0 Å². The number of nitrogens with one attached hydrogen (secondary N) is 1. The molecule has 0 amide bonds. The van der Waals surface area contributed by atoms with E-state index in [1.807, 2.05) is 54.7 Å². The zero-order valence-corrected chi connectivity index (χ0v) is 15.3. The molecule has 0 aliphatic carbocycles. The third kappa shape index (κ3) is 2.85. The molecule has 0 spiro atoms. The number of hydrogen-bond acceptors (Lipinski definition) is 7. The number of hydrogen-bond donors (Lipinski definition) is 1. The molecule has 29 heavy (non-hydrogen) atoms. The maximum absolute atomic E-state index is 5.46. The summed E-state index contributed by atoms with van der Waals surface area (Å²) in [5.41, 5.74) is 3.63. The molecule has 2 aliphatic rings. The van der Waals surface area contributed by atoms with E-state index < -0.39 is 0 Å². The van der Waals surface area contributed by atoms with Crippen molar-refractivity contribution in [3.8, 4) is 34.3 Å². The van der Waals surface area contributed by atoms with E-state index in [1.54, 1.807) is 4.52 Å². The van der Waals surface area contributed by atoms with Crippen LogP contribution in [-0.2, 0) is 6.54 Å². The van der Waals surface area contributed by atoms with E-state index >= 15 is 0 Å². The van der Waals surface area contributed by atoms with Crippen LogP contribution in [0.2, 0.25) is 0 Å². The molecule has 8 heteroatoms. The van der Waals surface area contributed by atoms with E-state index in [2.05, 4.69) is 15.4 Å². The molecule has 4 aromatic rings. The van der Waals surface area contributed by atoms with Crippen molar-refractivity contribution in [2.24, 2.45) is 0 Å². The van der Waals surface area contributed by atoms with Crippen LogP contribution in [0.5, 0.6) is 23.0 Å². The zero-order chi connectivity index (χ0) is 19.2. The first kappa shape index (κ1) is 16.1. The minimum absolute atomic E-state index is 0.254. The van der Waals surface area contributed by atoms with Gasteiger partial charge in [0.15, 0.2) is 28.6 Å². The lowest BCUT2D eigenvalue weighted by Gasteiger charge is -2.06. The average molecular weight is 388 g/mol. The predicted molar refractivity (Wildman–Crippen MR) is 104 cm³/mol. The summed E-state index contributed by atoms with van der Waals surface area (Å²) in [4.78, 5) is 4.65. The highest BCUT2D eigenvalue weighted by Gasteiger charge is 2.16. The molecule has 2 aromatic heterocycles. The first-order valence-corrected chi connectivity index (χ1v) is 9.21. The molecule has 2 aliphatic heterocycles. The molecular formula is C21H16N4O4. The standard InChI is InChI=1S/C21H16N4O4/c1-3-16-18(28-11-26-16)7-13(1)9-22-20-5-6-21-23-15(10-25(21)24-20)14-2-4-17-19(8-14)29-12-27-17/h1-8,10H,9,11-12H2,(H,22,24). The zero-order valence-electron chi connectivity index (χ0n) is 15.3. The highest BCUT2D eigenvalue weighted by atomic mass is 16.7. The number of nitrogens with zero attached hydrogens (tertiary/aromatic N) is 3. The number of anilines is 1. The van der Waals surface area contributed by atoms with Crippen molar-refractivity contribution < 1.29 is 18.9 Å². The number of rotatable bonds is 4. The van der Waals surface area contributed by atoms with Gasteiger partial charge in [-0.25, -0.2) is 9.50 Å². The summed E-state index contributed by atoms with van der Waals surface area (Å²) in [6.45, 7) is 1.15. The highest BCUT2D eigenvalue weighted by Crippen LogP contribution is 2.36. The molecule has 1 N–H and O–H groups in total. The number of ether oxygens (including phenoxy) is 4. The summed E-state index contributed by atoms with van der Waals surface area (Å²) in [5.74, 6) is 3.80. The monoisotopic (exact) mass is 388 g/mol. The van der Waals surface area contributed by atoms with Gasteiger partial charge in [0.2, 0.25) is 13.6 Å². The Bertz CT molecular complexity index is 1240. The fourth-order valence-electron chi connectivity index (χ4n) is 3.41. The van der Waals surface area contributed by atoms with Crippen LogP contribution in [0.1, 0.15) is 5.56 Å². The van der Waals surface area contributed by atoms with Crippen LogP contribution in [0, 0.1) is 0 Å². The van der Waals surface area contributed by atoms with Crippen molar-refractivity contribution in [1.29, 1.82) is 0 Å². The van der Waals surface area contributed by atoms with Crippen LogP contribution in [0.3, 0.4) is 0 Å². The Morgan fingerprint density at radius 2 is 1.59 bits per heavy atom. The van der Waals surface area contributed by atoms with Crippen molar-refractivity contribution in [1.82, 2.24) is 14.6 Å². The Kier molecular flexibility index (Phi) is 3.49. The third-order valence-corrected chi connectivity index (χ3v) is 4.90. The minimum atomic E-state index is 0.254. The van der Waals surface area contributed by atoms with E-state index in [0.29, 0.717) is 6.54 Å². The molecule has 144 valence electrons. The summed E-state index contributed by atoms with van der Waals surface area (Å²) < 4.78 is 23.4. The Labute approximate surface area is 165 Å². The number of fused-ring (bicyclic) bond motifs is 3. The van der Waals surface area contributed by atoms with Gasteiger partial charge in [-0.2, -0.15) is 0 Å². The van der Waals surface area contributed by atoms with Gasteiger partial charge in [-0.15, -0.1) is 5.10 Å². The second-order valence-corrected chi connectivity index (χ2v) is 6.76. The van der Waals surface area contributed by atoms with Gasteiger partial charge in [-0.1, -0.05) is 6.07 Å². The van der Waals surface area contributed by atoms with Gasteiger partial charge in [0.05, 0.1) is 11.9 Å². The summed E-state index contributed by atoms with van der Waals surface area (Å²) in [5, 5.41) is 7.95. The van der Waals surface area contributed by atoms with Crippen molar-refractivity contribution in [2.45, 2.75) is 6.54 Å². The predicted octanol–water partition coefficient (Wildman–Crippen LogP) is 3.47. The molecule has 0 fully saturated rings. The van der Waals surface area contributed by atoms with E-state index in [0.717, 1.165) is 51.3 Å². The summed E-state index contributed by atoms with van der Waals surface area (Å²) in [6, 6.07) is 15.6. The van der Waals surface area contributed by atoms with Gasteiger partial charge in [-0.05, 0) is 48.0 Å². The summed E-state index contributed by atoms with van der Waals surface area (Å²) >= 11 is 0. The van der Waals surface area contributed by atoms with Crippen molar-refractivity contribution in [3.05, 3.63) is 60.3 Å². The summed E-state index contributed by atoms with van der Waals surface area (Å²) in [7, 11) is 0. The highest BCUT2D eigenvalue weighted by molar-refractivity contribution is 5.66. The lowest BCUT2D eigenvalue weighted by molar-refractivity contribution is 0.173. The van der Waals surface area contributed by atoms with Crippen molar-refractivity contribution >= 4 is 11.5 Å². The average Bonchev–Trinajstić information content (AvgIpc) is 3.49. The fraction of sp³-hybridized carbons (Fsp3) is 0.143. The van der Waals surface area contributed by atoms with Crippen LogP contribution >= 0.6 is 0 Å². The SMILES string of the molecule is c1cc2c(cc1CNc1ccc3nc(-c4ccc5c(c4)OCO5)cn3n1)OCO2. The van der Waals surface area contributed by atoms with Gasteiger partial charge < -0.3 is 24.3 Å². The van der Waals surface area contributed by atoms with E-state index in [1.165, 1.54) is 0 Å². The largest absolute Gasteiger partial charge is 0.454 e. The van der Waals surface area contributed by atoms with Crippen LogP contribution in [0.15, 0.2) is 54.7 Å². The molecule has 6 rings (SSSR count). The minimum Gasteiger partial charge on any atom is -0.454 e. The molecule has 8 nitrogen and oxygen atoms in total. The molecule has 0 radical (unpaired) electrons. The molecule has 0 atom stereocenters. The second-order valence-electron chi connectivity index (χ2n) is 6.76. The second kappa shape index (κ2) is 6.30. The first-order valence-electron chi connectivity index (χ1n) is 9.21. The smallest absolute Gasteiger partial charge is 0.231 e. The quantitative estimate of drug-likeness (QED) is 0.573. The van der Waals surface area contributed by atoms with Gasteiger partial charge >= 0.3 is 0 Å². The topological polar surface area (TPSA) is 79.1 Å². The van der Waals surface area contributed by atoms with E-state index in [-0.39, 0.29) is 13.6 Å². The Morgan fingerprint density at radius 1 is 0.828 bits per heavy atom. The van der Waals surface area contributed by atoms with Gasteiger partial charge in [-0.3, -0.25) is 0 Å². The normalized spacial score (nSPS) is 13.8. The molecule has 0 unspecified atom stereocenters. The number of imidazole rings is 1. The summed E-state index contributed by atoms with van der Waals surface area (Å²) in [6.07, 6.45) is 1.90. The number of aromatic nitrogens is 3. The lowest BCUT2D eigenvalue weighted by Crippen LogP contribution is -2.03. The molecule has 2 aromatic carbocycles. The van der Waals surface area contributed by atoms with Gasteiger partial charge in [0.1, 0.15) is 5.82 Å². The van der Waals surface area contributed by atoms with Crippen LogP contribution in [0.25, 0.3) is 16.9 Å². The van der Waals surface area contributed by atoms with Crippen molar-refractivity contribution in [2.75, 3.05) is 18.9 Å². The number of benzene rings is 2. The van der Waals surface area contributed by atoms with Crippen LogP contribution in [-0.4, -0.2) is 28.2 Å². The molecule has 0 bridgehead atoms. The Hall–Kier alpha value is -3.94. The van der Waals surface area contributed by atoms with E-state index in [4.69, 9.17) is 18.9 Å². The fourth-order valence-corrected chi connectivity index (χ4v) is 3.41. The Morgan fingerprint density at radius 3 is 2.45 bits per heavy atom. The van der Waals surface area contributed by atoms with Crippen LogP contribution in [0.4, 0.5) is 5.82 Å². The van der Waals surface area contributed by atoms with Gasteiger partial charge in [0, 0.05) is 12.1 Å². The van der Waals surface area contributed by atoms with Gasteiger partial charge in [0.25, 0.3) is 0 Å². The molecular weight excluding hydrogens is 372 g/mol. The van der Waals surface area contributed by atoms with Crippen LogP contribution < -0.4 is 24.3 Å². The van der Waals surface area contributed by atoms with Crippen molar-refractivity contribution in [3.63, 3.8) is 0 Å². The molecule has 0 saturated carbocycles.